The Morgan fingerprint density at radius 1 is 1.44 bits per heavy atom. The van der Waals surface area contributed by atoms with Gasteiger partial charge in [-0.25, -0.2) is 9.97 Å². The second-order valence-corrected chi connectivity index (χ2v) is 5.42. The first-order valence-corrected chi connectivity index (χ1v) is 6.53. The Bertz CT molecular complexity index is 441. The number of aliphatic hydroxyl groups is 1. The molecule has 0 saturated heterocycles. The van der Waals surface area contributed by atoms with Gasteiger partial charge in [-0.1, -0.05) is 6.92 Å². The molecule has 1 fully saturated rings. The fraction of sp³-hybridized carbons (Fsp3) is 0.692. The van der Waals surface area contributed by atoms with Crippen LogP contribution in [0.25, 0.3) is 0 Å². The third-order valence-electron chi connectivity index (χ3n) is 3.54. The predicted molar refractivity (Wildman–Crippen MR) is 72.6 cm³/mol. The molecule has 1 aromatic rings. The van der Waals surface area contributed by atoms with Gasteiger partial charge in [-0.3, -0.25) is 0 Å². The largest absolute Gasteiger partial charge is 0.388 e. The molecule has 1 aromatic heterocycles. The van der Waals surface area contributed by atoms with E-state index in [4.69, 9.17) is 5.73 Å². The van der Waals surface area contributed by atoms with E-state index in [-0.39, 0.29) is 0 Å². The number of aromatic nitrogens is 2. The van der Waals surface area contributed by atoms with Crippen LogP contribution in [0.3, 0.4) is 0 Å². The minimum absolute atomic E-state index is 0.463. The summed E-state index contributed by atoms with van der Waals surface area (Å²) >= 11 is 0. The van der Waals surface area contributed by atoms with Crippen molar-refractivity contribution in [2.75, 3.05) is 17.6 Å². The number of nitrogens with one attached hydrogen (secondary N) is 1. The molecule has 4 N–H and O–H groups in total. The molecule has 0 radical (unpaired) electrons. The smallest absolute Gasteiger partial charge is 0.136 e. The van der Waals surface area contributed by atoms with Gasteiger partial charge < -0.3 is 16.2 Å². The van der Waals surface area contributed by atoms with Crippen LogP contribution in [-0.4, -0.2) is 27.2 Å². The Hall–Kier alpha value is -1.36. The monoisotopic (exact) mass is 250 g/mol. The van der Waals surface area contributed by atoms with Crippen LogP contribution in [0.1, 0.15) is 50.4 Å². The van der Waals surface area contributed by atoms with E-state index < -0.39 is 5.60 Å². The van der Waals surface area contributed by atoms with Crippen molar-refractivity contribution >= 4 is 11.6 Å². The van der Waals surface area contributed by atoms with Gasteiger partial charge in [0, 0.05) is 18.0 Å². The van der Waals surface area contributed by atoms with Gasteiger partial charge >= 0.3 is 0 Å². The van der Waals surface area contributed by atoms with Gasteiger partial charge in [0.2, 0.25) is 0 Å². The van der Waals surface area contributed by atoms with E-state index in [0.717, 1.165) is 30.0 Å². The van der Waals surface area contributed by atoms with Crippen LogP contribution < -0.4 is 11.1 Å². The molecule has 0 amide bonds. The molecular formula is C13H22N4O. The van der Waals surface area contributed by atoms with Crippen molar-refractivity contribution in [2.24, 2.45) is 0 Å². The standard InChI is InChI=1S/C13H22N4O/c1-4-13(3,18)7-15-11-8(2)10(14)16-12(17-11)9-5-6-9/h9,18H,4-7H2,1-3H3,(H3,14,15,16,17). The van der Waals surface area contributed by atoms with E-state index in [9.17, 15) is 5.11 Å². The summed E-state index contributed by atoms with van der Waals surface area (Å²) in [5.74, 6) is 2.58. The summed E-state index contributed by atoms with van der Waals surface area (Å²) in [4.78, 5) is 8.84. The van der Waals surface area contributed by atoms with E-state index in [1.165, 1.54) is 0 Å². The maximum atomic E-state index is 10.00. The molecule has 1 aliphatic carbocycles. The molecule has 100 valence electrons. The highest BCUT2D eigenvalue weighted by Gasteiger charge is 2.28. The summed E-state index contributed by atoms with van der Waals surface area (Å²) in [6.45, 7) is 6.13. The molecule has 5 nitrogen and oxygen atoms in total. The number of nitrogens with two attached hydrogens (primary N) is 1. The van der Waals surface area contributed by atoms with Crippen molar-refractivity contribution in [3.05, 3.63) is 11.4 Å². The van der Waals surface area contributed by atoms with Gasteiger partial charge in [0.05, 0.1) is 5.60 Å². The SMILES string of the molecule is CCC(C)(O)CNc1nc(C2CC2)nc(N)c1C. The Labute approximate surface area is 108 Å². The van der Waals surface area contributed by atoms with Crippen molar-refractivity contribution in [1.29, 1.82) is 0 Å². The summed E-state index contributed by atoms with van der Waals surface area (Å²) in [6, 6.07) is 0. The quantitative estimate of drug-likeness (QED) is 0.742. The van der Waals surface area contributed by atoms with E-state index >= 15 is 0 Å². The molecule has 0 bridgehead atoms. The van der Waals surface area contributed by atoms with Crippen molar-refractivity contribution < 1.29 is 5.11 Å². The molecule has 1 unspecified atom stereocenters. The molecule has 1 aliphatic rings. The van der Waals surface area contributed by atoms with Crippen molar-refractivity contribution in [2.45, 2.75) is 51.6 Å². The van der Waals surface area contributed by atoms with E-state index in [2.05, 4.69) is 15.3 Å². The summed E-state index contributed by atoms with van der Waals surface area (Å²) in [5.41, 5.74) is 6.03. The van der Waals surface area contributed by atoms with E-state index in [1.54, 1.807) is 0 Å². The fourth-order valence-corrected chi connectivity index (χ4v) is 1.65. The second kappa shape index (κ2) is 4.72. The Balaban J connectivity index is 2.16. The number of hydrogen-bond acceptors (Lipinski definition) is 5. The van der Waals surface area contributed by atoms with Gasteiger partial charge in [0.1, 0.15) is 17.5 Å². The predicted octanol–water partition coefficient (Wildman–Crippen LogP) is 1.82. The fourth-order valence-electron chi connectivity index (χ4n) is 1.65. The molecule has 18 heavy (non-hydrogen) atoms. The lowest BCUT2D eigenvalue weighted by molar-refractivity contribution is 0.0696. The summed E-state index contributed by atoms with van der Waals surface area (Å²) in [7, 11) is 0. The Morgan fingerprint density at radius 2 is 2.11 bits per heavy atom. The van der Waals surface area contributed by atoms with Crippen LogP contribution in [0.2, 0.25) is 0 Å². The minimum Gasteiger partial charge on any atom is -0.388 e. The molecule has 0 aromatic carbocycles. The molecule has 0 spiro atoms. The van der Waals surface area contributed by atoms with Crippen LogP contribution in [0.15, 0.2) is 0 Å². The van der Waals surface area contributed by atoms with Crippen molar-refractivity contribution in [3.8, 4) is 0 Å². The number of nitrogen functional groups attached to an aromatic ring is 1. The van der Waals surface area contributed by atoms with Crippen molar-refractivity contribution in [1.82, 2.24) is 9.97 Å². The molecule has 5 heteroatoms. The molecule has 0 aliphatic heterocycles. The maximum Gasteiger partial charge on any atom is 0.136 e. The summed E-state index contributed by atoms with van der Waals surface area (Å²) < 4.78 is 0. The lowest BCUT2D eigenvalue weighted by Crippen LogP contribution is -2.33. The molecule has 1 heterocycles. The third-order valence-corrected chi connectivity index (χ3v) is 3.54. The van der Waals surface area contributed by atoms with Crippen LogP contribution >= 0.6 is 0 Å². The number of hydrogen-bond donors (Lipinski definition) is 3. The first-order chi connectivity index (χ1) is 8.43. The molecule has 1 saturated carbocycles. The van der Waals surface area contributed by atoms with Gasteiger partial charge in [-0.05, 0) is 33.1 Å². The zero-order valence-corrected chi connectivity index (χ0v) is 11.3. The van der Waals surface area contributed by atoms with Crippen molar-refractivity contribution in [3.63, 3.8) is 0 Å². The van der Waals surface area contributed by atoms with Gasteiger partial charge in [-0.15, -0.1) is 0 Å². The first kappa shape index (κ1) is 13.1. The van der Waals surface area contributed by atoms with Gasteiger partial charge in [0.25, 0.3) is 0 Å². The Morgan fingerprint density at radius 3 is 2.67 bits per heavy atom. The topological polar surface area (TPSA) is 84.1 Å². The van der Waals surface area contributed by atoms with Crippen LogP contribution in [-0.2, 0) is 0 Å². The summed E-state index contributed by atoms with van der Waals surface area (Å²) in [6.07, 6.45) is 2.98. The number of rotatable bonds is 5. The van der Waals surface area contributed by atoms with Gasteiger partial charge in [0.15, 0.2) is 0 Å². The zero-order chi connectivity index (χ0) is 13.3. The highest BCUT2D eigenvalue weighted by molar-refractivity contribution is 5.55. The average Bonchev–Trinajstić information content (AvgIpc) is 3.15. The lowest BCUT2D eigenvalue weighted by atomic mass is 10.0. The third kappa shape index (κ3) is 2.90. The van der Waals surface area contributed by atoms with Crippen LogP contribution in [0.4, 0.5) is 11.6 Å². The second-order valence-electron chi connectivity index (χ2n) is 5.42. The average molecular weight is 250 g/mol. The lowest BCUT2D eigenvalue weighted by Gasteiger charge is -2.22. The number of nitrogens with zero attached hydrogens (tertiary/aromatic N) is 2. The Kier molecular flexibility index (Phi) is 3.43. The molecule has 2 rings (SSSR count). The normalized spacial score (nSPS) is 18.4. The van der Waals surface area contributed by atoms with E-state index in [0.29, 0.717) is 24.7 Å². The van der Waals surface area contributed by atoms with Crippen LogP contribution in [0.5, 0.6) is 0 Å². The highest BCUT2D eigenvalue weighted by atomic mass is 16.3. The van der Waals surface area contributed by atoms with E-state index in [1.807, 2.05) is 20.8 Å². The summed E-state index contributed by atoms with van der Waals surface area (Å²) in [5, 5.41) is 13.2. The van der Waals surface area contributed by atoms with Gasteiger partial charge in [-0.2, -0.15) is 0 Å². The first-order valence-electron chi connectivity index (χ1n) is 6.53. The minimum atomic E-state index is -0.730. The zero-order valence-electron chi connectivity index (χ0n) is 11.3. The highest BCUT2D eigenvalue weighted by Crippen LogP contribution is 2.39. The maximum absolute atomic E-state index is 10.00. The molecule has 1 atom stereocenters. The van der Waals surface area contributed by atoms with Crippen LogP contribution in [0, 0.1) is 6.92 Å². The number of anilines is 2. The molecular weight excluding hydrogens is 228 g/mol.